The Morgan fingerprint density at radius 3 is 2.38 bits per heavy atom. The van der Waals surface area contributed by atoms with Crippen LogP contribution < -0.4 is 5.73 Å². The quantitative estimate of drug-likeness (QED) is 0.812. The van der Waals surface area contributed by atoms with E-state index in [0.29, 0.717) is 12.5 Å². The molecule has 0 saturated heterocycles. The lowest BCUT2D eigenvalue weighted by molar-refractivity contribution is 0.864. The molecule has 0 amide bonds. The van der Waals surface area contributed by atoms with Crippen LogP contribution in [0.4, 0.5) is 0 Å². The van der Waals surface area contributed by atoms with Gasteiger partial charge in [-0.05, 0) is 23.1 Å². The summed E-state index contributed by atoms with van der Waals surface area (Å²) in [7, 11) is 0. The fourth-order valence-electron chi connectivity index (χ4n) is 1.09. The van der Waals surface area contributed by atoms with Gasteiger partial charge in [-0.25, -0.2) is 0 Å². The normalized spacial score (nSPS) is 9.92. The lowest BCUT2D eigenvalue weighted by Crippen LogP contribution is -1.98. The van der Waals surface area contributed by atoms with E-state index in [0.717, 1.165) is 10.6 Å². The van der Waals surface area contributed by atoms with Crippen LogP contribution in [-0.4, -0.2) is 0 Å². The van der Waals surface area contributed by atoms with Crippen LogP contribution in [-0.2, 0) is 6.54 Å². The van der Waals surface area contributed by atoms with Crippen molar-refractivity contribution in [2.45, 2.75) is 26.3 Å². The van der Waals surface area contributed by atoms with Gasteiger partial charge in [-0.1, -0.05) is 37.6 Å². The molecule has 0 aliphatic rings. The van der Waals surface area contributed by atoms with Crippen molar-refractivity contribution >= 4 is 24.0 Å². The summed E-state index contributed by atoms with van der Waals surface area (Å²) in [4.78, 5) is 0. The van der Waals surface area contributed by atoms with E-state index < -0.39 is 0 Å². The number of benzene rings is 1. The van der Waals surface area contributed by atoms with Crippen LogP contribution in [0.3, 0.4) is 0 Å². The van der Waals surface area contributed by atoms with Crippen molar-refractivity contribution in [3.05, 3.63) is 34.3 Å². The van der Waals surface area contributed by atoms with Crippen LogP contribution in [0.25, 0.3) is 0 Å². The van der Waals surface area contributed by atoms with Crippen molar-refractivity contribution in [3.63, 3.8) is 0 Å². The van der Waals surface area contributed by atoms with Gasteiger partial charge in [0.05, 0.1) is 0 Å². The first-order valence-corrected chi connectivity index (χ1v) is 4.51. The van der Waals surface area contributed by atoms with Crippen LogP contribution in [0.1, 0.15) is 30.9 Å². The molecule has 1 nitrogen and oxygen atoms in total. The molecule has 0 unspecified atom stereocenters. The van der Waals surface area contributed by atoms with Gasteiger partial charge >= 0.3 is 0 Å². The lowest BCUT2D eigenvalue weighted by Gasteiger charge is -2.07. The molecule has 74 valence electrons. The van der Waals surface area contributed by atoms with Gasteiger partial charge in [0.1, 0.15) is 0 Å². The van der Waals surface area contributed by atoms with Gasteiger partial charge in [0.2, 0.25) is 0 Å². The summed E-state index contributed by atoms with van der Waals surface area (Å²) in [6, 6.07) is 6.07. The van der Waals surface area contributed by atoms with E-state index in [-0.39, 0.29) is 12.4 Å². The zero-order valence-electron chi connectivity index (χ0n) is 7.88. The van der Waals surface area contributed by atoms with Gasteiger partial charge in [-0.2, -0.15) is 0 Å². The molecule has 3 heteroatoms. The van der Waals surface area contributed by atoms with E-state index in [9.17, 15) is 0 Å². The number of halogens is 2. The number of rotatable bonds is 2. The van der Waals surface area contributed by atoms with Crippen molar-refractivity contribution in [1.29, 1.82) is 0 Å². The summed E-state index contributed by atoms with van der Waals surface area (Å²) in [6.45, 7) is 4.80. The Balaban J connectivity index is 0.00000144. The third-order valence-corrected chi connectivity index (χ3v) is 2.32. The van der Waals surface area contributed by atoms with Crippen LogP contribution in [0.15, 0.2) is 18.2 Å². The van der Waals surface area contributed by atoms with E-state index in [2.05, 4.69) is 19.9 Å². The highest BCUT2D eigenvalue weighted by atomic mass is 35.5. The number of hydrogen-bond donors (Lipinski definition) is 1. The lowest BCUT2D eigenvalue weighted by atomic mass is 10.0. The largest absolute Gasteiger partial charge is 0.326 e. The fraction of sp³-hybridized carbons (Fsp3) is 0.400. The van der Waals surface area contributed by atoms with Gasteiger partial charge in [0.15, 0.2) is 0 Å². The third kappa shape index (κ3) is 3.18. The van der Waals surface area contributed by atoms with E-state index in [1.165, 1.54) is 5.56 Å². The maximum atomic E-state index is 5.99. The fourth-order valence-corrected chi connectivity index (χ4v) is 1.35. The average molecular weight is 220 g/mol. The van der Waals surface area contributed by atoms with E-state index >= 15 is 0 Å². The Morgan fingerprint density at radius 1 is 1.38 bits per heavy atom. The summed E-state index contributed by atoms with van der Waals surface area (Å²) in [5.74, 6) is 0.523. The Kier molecular flexibility index (Phi) is 5.38. The zero-order valence-corrected chi connectivity index (χ0v) is 9.45. The van der Waals surface area contributed by atoms with Gasteiger partial charge < -0.3 is 5.73 Å². The van der Waals surface area contributed by atoms with Gasteiger partial charge in [0, 0.05) is 11.6 Å². The minimum absolute atomic E-state index is 0. The molecule has 1 aromatic carbocycles. The number of hydrogen-bond acceptors (Lipinski definition) is 1. The summed E-state index contributed by atoms with van der Waals surface area (Å²) >= 11 is 5.99. The maximum Gasteiger partial charge on any atom is 0.0453 e. The summed E-state index contributed by atoms with van der Waals surface area (Å²) in [5.41, 5.74) is 7.77. The highest BCUT2D eigenvalue weighted by molar-refractivity contribution is 6.31. The molecule has 0 fully saturated rings. The van der Waals surface area contributed by atoms with Crippen molar-refractivity contribution in [2.24, 2.45) is 5.73 Å². The zero-order chi connectivity index (χ0) is 9.14. The van der Waals surface area contributed by atoms with Crippen LogP contribution in [0.5, 0.6) is 0 Å². The molecule has 2 N–H and O–H groups in total. The molecule has 0 radical (unpaired) electrons. The first kappa shape index (κ1) is 12.8. The molecule has 0 aliphatic carbocycles. The van der Waals surface area contributed by atoms with Crippen LogP contribution in [0, 0.1) is 0 Å². The Labute approximate surface area is 90.7 Å². The third-order valence-electron chi connectivity index (χ3n) is 1.96. The summed E-state index contributed by atoms with van der Waals surface area (Å²) in [5, 5.41) is 0.781. The molecule has 1 aromatic rings. The second-order valence-electron chi connectivity index (χ2n) is 3.21. The predicted octanol–water partition coefficient (Wildman–Crippen LogP) is 3.34. The minimum atomic E-state index is 0. The molecule has 0 heterocycles. The molecule has 0 aromatic heterocycles. The summed E-state index contributed by atoms with van der Waals surface area (Å²) in [6.07, 6.45) is 0. The van der Waals surface area contributed by atoms with Crippen molar-refractivity contribution < 1.29 is 0 Å². The minimum Gasteiger partial charge on any atom is -0.326 e. The van der Waals surface area contributed by atoms with E-state index in [1.54, 1.807) is 0 Å². The molecule has 0 bridgehead atoms. The molecule has 0 spiro atoms. The van der Waals surface area contributed by atoms with Gasteiger partial charge in [-0.15, -0.1) is 12.4 Å². The Bertz CT molecular complexity index is 272. The van der Waals surface area contributed by atoms with Crippen LogP contribution >= 0.6 is 24.0 Å². The molecule has 0 aliphatic heterocycles. The predicted molar refractivity (Wildman–Crippen MR) is 60.7 cm³/mol. The Morgan fingerprint density at radius 2 is 2.00 bits per heavy atom. The monoisotopic (exact) mass is 219 g/mol. The highest BCUT2D eigenvalue weighted by Crippen LogP contribution is 2.22. The maximum absolute atomic E-state index is 5.99. The van der Waals surface area contributed by atoms with Crippen molar-refractivity contribution in [3.8, 4) is 0 Å². The first-order chi connectivity index (χ1) is 5.65. The molecule has 13 heavy (non-hydrogen) atoms. The Hall–Kier alpha value is -0.240. The molecule has 1 rings (SSSR count). The van der Waals surface area contributed by atoms with Crippen molar-refractivity contribution in [2.75, 3.05) is 0 Å². The smallest absolute Gasteiger partial charge is 0.0453 e. The SMILES string of the molecule is CC(C)c1ccc(CN)c(Cl)c1.Cl. The molecular formula is C10H15Cl2N. The van der Waals surface area contributed by atoms with Crippen LogP contribution in [0.2, 0.25) is 5.02 Å². The molecule has 0 saturated carbocycles. The highest BCUT2D eigenvalue weighted by Gasteiger charge is 2.02. The van der Waals surface area contributed by atoms with Gasteiger partial charge in [-0.3, -0.25) is 0 Å². The number of nitrogens with two attached hydrogens (primary N) is 1. The second-order valence-corrected chi connectivity index (χ2v) is 3.62. The molecular weight excluding hydrogens is 205 g/mol. The first-order valence-electron chi connectivity index (χ1n) is 4.13. The van der Waals surface area contributed by atoms with Crippen molar-refractivity contribution in [1.82, 2.24) is 0 Å². The second kappa shape index (κ2) is 5.48. The molecule has 0 atom stereocenters. The van der Waals surface area contributed by atoms with E-state index in [4.69, 9.17) is 17.3 Å². The van der Waals surface area contributed by atoms with Gasteiger partial charge in [0.25, 0.3) is 0 Å². The average Bonchev–Trinajstić information content (AvgIpc) is 2.04. The standard InChI is InChI=1S/C10H14ClN.ClH/c1-7(2)8-3-4-9(6-12)10(11)5-8;/h3-5,7H,6,12H2,1-2H3;1H. The summed E-state index contributed by atoms with van der Waals surface area (Å²) < 4.78 is 0. The van der Waals surface area contributed by atoms with E-state index in [1.807, 2.05) is 12.1 Å². The topological polar surface area (TPSA) is 26.0 Å².